The third-order valence-electron chi connectivity index (χ3n) is 1.34. The van der Waals surface area contributed by atoms with Crippen LogP contribution in [0.3, 0.4) is 0 Å². The summed E-state index contributed by atoms with van der Waals surface area (Å²) in [6.45, 7) is 0. The van der Waals surface area contributed by atoms with Gasteiger partial charge in [0.1, 0.15) is 0 Å². The first-order valence-corrected chi connectivity index (χ1v) is 5.25. The SMILES string of the molecule is Clc1nc2c(I)cccc2s1. The van der Waals surface area contributed by atoms with Crippen molar-refractivity contribution in [2.24, 2.45) is 0 Å². The molecule has 2 rings (SSSR count). The highest BCUT2D eigenvalue weighted by Gasteiger charge is 2.02. The van der Waals surface area contributed by atoms with Gasteiger partial charge >= 0.3 is 0 Å². The lowest BCUT2D eigenvalue weighted by atomic mass is 10.3. The predicted octanol–water partition coefficient (Wildman–Crippen LogP) is 3.55. The molecule has 1 aromatic carbocycles. The van der Waals surface area contributed by atoms with Crippen LogP contribution >= 0.6 is 45.5 Å². The van der Waals surface area contributed by atoms with Crippen LogP contribution in [-0.4, -0.2) is 4.98 Å². The molecule has 0 N–H and O–H groups in total. The van der Waals surface area contributed by atoms with Crippen molar-refractivity contribution in [1.29, 1.82) is 0 Å². The second-order valence-corrected chi connectivity index (χ2v) is 4.83. The lowest BCUT2D eigenvalue weighted by Gasteiger charge is -1.88. The number of hydrogen-bond acceptors (Lipinski definition) is 2. The van der Waals surface area contributed by atoms with Crippen LogP contribution in [0.15, 0.2) is 18.2 Å². The molecule has 0 spiro atoms. The van der Waals surface area contributed by atoms with Crippen LogP contribution in [-0.2, 0) is 0 Å². The molecule has 56 valence electrons. The molecule has 0 atom stereocenters. The fourth-order valence-electron chi connectivity index (χ4n) is 0.888. The van der Waals surface area contributed by atoms with E-state index in [4.69, 9.17) is 11.6 Å². The minimum Gasteiger partial charge on any atom is -0.224 e. The number of benzene rings is 1. The molecule has 4 heteroatoms. The average Bonchev–Trinajstić information content (AvgIpc) is 2.31. The predicted molar refractivity (Wildman–Crippen MR) is 57.3 cm³/mol. The van der Waals surface area contributed by atoms with Gasteiger partial charge in [-0.2, -0.15) is 0 Å². The van der Waals surface area contributed by atoms with Gasteiger partial charge in [-0.25, -0.2) is 4.98 Å². The maximum absolute atomic E-state index is 5.76. The number of para-hydroxylation sites is 1. The van der Waals surface area contributed by atoms with Crippen LogP contribution in [0, 0.1) is 3.57 Å². The second-order valence-electron chi connectivity index (χ2n) is 2.05. The van der Waals surface area contributed by atoms with Gasteiger partial charge in [0.25, 0.3) is 0 Å². The summed E-state index contributed by atoms with van der Waals surface area (Å²) >= 11 is 9.53. The van der Waals surface area contributed by atoms with Gasteiger partial charge in [-0.05, 0) is 34.7 Å². The third kappa shape index (κ3) is 1.37. The number of nitrogens with zero attached hydrogens (tertiary/aromatic N) is 1. The zero-order valence-electron chi connectivity index (χ0n) is 5.34. The molecule has 0 aliphatic carbocycles. The lowest BCUT2D eigenvalue weighted by Crippen LogP contribution is -1.72. The van der Waals surface area contributed by atoms with Crippen molar-refractivity contribution < 1.29 is 0 Å². The van der Waals surface area contributed by atoms with Crippen molar-refractivity contribution >= 4 is 55.7 Å². The Hall–Kier alpha value is 0.130. The number of rotatable bonds is 0. The zero-order valence-corrected chi connectivity index (χ0v) is 9.07. The fraction of sp³-hybridized carbons (Fsp3) is 0. The van der Waals surface area contributed by atoms with Gasteiger partial charge in [0.15, 0.2) is 4.47 Å². The first kappa shape index (κ1) is 7.76. The van der Waals surface area contributed by atoms with Gasteiger partial charge in [0.2, 0.25) is 0 Å². The monoisotopic (exact) mass is 295 g/mol. The molecule has 0 saturated carbocycles. The summed E-state index contributed by atoms with van der Waals surface area (Å²) in [6, 6.07) is 6.07. The Morgan fingerprint density at radius 2 is 2.27 bits per heavy atom. The first-order valence-electron chi connectivity index (χ1n) is 2.98. The molecule has 2 aromatic rings. The molecule has 0 aliphatic rings. The van der Waals surface area contributed by atoms with E-state index in [0.717, 1.165) is 13.8 Å². The third-order valence-corrected chi connectivity index (χ3v) is 3.34. The van der Waals surface area contributed by atoms with Crippen molar-refractivity contribution in [2.45, 2.75) is 0 Å². The van der Waals surface area contributed by atoms with E-state index in [1.165, 1.54) is 11.3 Å². The molecule has 1 heterocycles. The minimum absolute atomic E-state index is 0.615. The molecule has 0 fully saturated rings. The summed E-state index contributed by atoms with van der Waals surface area (Å²) in [7, 11) is 0. The summed E-state index contributed by atoms with van der Waals surface area (Å²) in [5.74, 6) is 0. The number of halogens is 2. The highest BCUT2D eigenvalue weighted by Crippen LogP contribution is 2.28. The number of hydrogen-bond donors (Lipinski definition) is 0. The summed E-state index contributed by atoms with van der Waals surface area (Å²) in [5, 5.41) is 0. The topological polar surface area (TPSA) is 12.9 Å². The van der Waals surface area contributed by atoms with E-state index in [1.807, 2.05) is 18.2 Å². The van der Waals surface area contributed by atoms with Gasteiger partial charge in [-0.3, -0.25) is 0 Å². The summed E-state index contributed by atoms with van der Waals surface area (Å²) < 4.78 is 2.93. The molecular weight excluding hydrogens is 293 g/mol. The molecule has 0 aliphatic heterocycles. The molecule has 11 heavy (non-hydrogen) atoms. The lowest BCUT2D eigenvalue weighted by molar-refractivity contribution is 1.48. The van der Waals surface area contributed by atoms with E-state index < -0.39 is 0 Å². The molecular formula is C7H3ClINS. The quantitative estimate of drug-likeness (QED) is 0.677. The molecule has 0 amide bonds. The Morgan fingerprint density at radius 3 is 3.00 bits per heavy atom. The zero-order chi connectivity index (χ0) is 7.84. The first-order chi connectivity index (χ1) is 5.27. The van der Waals surface area contributed by atoms with Crippen molar-refractivity contribution in [1.82, 2.24) is 4.98 Å². The van der Waals surface area contributed by atoms with Gasteiger partial charge in [-0.1, -0.05) is 17.7 Å². The molecule has 0 radical (unpaired) electrons. The smallest absolute Gasteiger partial charge is 0.184 e. The van der Waals surface area contributed by atoms with E-state index in [2.05, 4.69) is 27.6 Å². The number of fused-ring (bicyclic) bond motifs is 1. The highest BCUT2D eigenvalue weighted by atomic mass is 127. The van der Waals surface area contributed by atoms with Crippen LogP contribution in [0.4, 0.5) is 0 Å². The van der Waals surface area contributed by atoms with E-state index in [9.17, 15) is 0 Å². The van der Waals surface area contributed by atoms with Crippen LogP contribution in [0.5, 0.6) is 0 Å². The molecule has 0 saturated heterocycles. The van der Waals surface area contributed by atoms with Crippen molar-refractivity contribution in [2.75, 3.05) is 0 Å². The van der Waals surface area contributed by atoms with E-state index in [0.29, 0.717) is 4.47 Å². The maximum atomic E-state index is 5.76. The summed E-state index contributed by atoms with van der Waals surface area (Å²) in [6.07, 6.45) is 0. The normalized spacial score (nSPS) is 10.7. The van der Waals surface area contributed by atoms with E-state index in [1.54, 1.807) is 0 Å². The largest absolute Gasteiger partial charge is 0.224 e. The molecule has 1 nitrogen and oxygen atoms in total. The fourth-order valence-corrected chi connectivity index (χ4v) is 2.74. The molecule has 0 unspecified atom stereocenters. The summed E-state index contributed by atoms with van der Waals surface area (Å²) in [4.78, 5) is 4.19. The van der Waals surface area contributed by atoms with Crippen LogP contribution < -0.4 is 0 Å². The Balaban J connectivity index is 2.90. The standard InChI is InChI=1S/C7H3ClINS/c8-7-10-6-4(9)2-1-3-5(6)11-7/h1-3H. The highest BCUT2D eigenvalue weighted by molar-refractivity contribution is 14.1. The Labute approximate surface area is 86.5 Å². The van der Waals surface area contributed by atoms with E-state index in [-0.39, 0.29) is 0 Å². The second kappa shape index (κ2) is 2.88. The Kier molecular flexibility index (Phi) is 2.03. The maximum Gasteiger partial charge on any atom is 0.184 e. The van der Waals surface area contributed by atoms with Gasteiger partial charge in [0.05, 0.1) is 10.2 Å². The van der Waals surface area contributed by atoms with Crippen LogP contribution in [0.2, 0.25) is 4.47 Å². The van der Waals surface area contributed by atoms with Crippen molar-refractivity contribution in [3.63, 3.8) is 0 Å². The molecule has 1 aromatic heterocycles. The van der Waals surface area contributed by atoms with Crippen LogP contribution in [0.25, 0.3) is 10.2 Å². The van der Waals surface area contributed by atoms with Gasteiger partial charge in [-0.15, -0.1) is 11.3 Å². The van der Waals surface area contributed by atoms with Crippen LogP contribution in [0.1, 0.15) is 0 Å². The van der Waals surface area contributed by atoms with E-state index >= 15 is 0 Å². The minimum atomic E-state index is 0.615. The van der Waals surface area contributed by atoms with Gasteiger partial charge in [0, 0.05) is 3.57 Å². The Bertz CT molecular complexity index is 398. The van der Waals surface area contributed by atoms with Crippen molar-refractivity contribution in [3.8, 4) is 0 Å². The summed E-state index contributed by atoms with van der Waals surface area (Å²) in [5.41, 5.74) is 1.02. The van der Waals surface area contributed by atoms with Gasteiger partial charge < -0.3 is 0 Å². The Morgan fingerprint density at radius 1 is 1.45 bits per heavy atom. The number of aromatic nitrogens is 1. The molecule has 0 bridgehead atoms. The number of thiazole rings is 1. The average molecular weight is 296 g/mol. The van der Waals surface area contributed by atoms with Crippen molar-refractivity contribution in [3.05, 3.63) is 26.2 Å².